The monoisotopic (exact) mass is 571 g/mol. The van der Waals surface area contributed by atoms with Gasteiger partial charge in [0.25, 0.3) is 0 Å². The van der Waals surface area contributed by atoms with E-state index in [-0.39, 0.29) is 35.8 Å². The zero-order chi connectivity index (χ0) is 23.1. The predicted molar refractivity (Wildman–Crippen MR) is 136 cm³/mol. The first kappa shape index (κ1) is 26.7. The van der Waals surface area contributed by atoms with Crippen LogP contribution >= 0.6 is 24.0 Å². The molecule has 1 aliphatic carbocycles. The van der Waals surface area contributed by atoms with E-state index in [1.807, 2.05) is 19.1 Å². The van der Waals surface area contributed by atoms with Crippen LogP contribution in [0.3, 0.4) is 0 Å². The highest BCUT2D eigenvalue weighted by atomic mass is 127. The van der Waals surface area contributed by atoms with E-state index in [1.165, 1.54) is 20.3 Å². The molecule has 1 saturated carbocycles. The highest BCUT2D eigenvalue weighted by Crippen LogP contribution is 2.30. The average molecular weight is 571 g/mol. The number of hydrogen-bond donors (Lipinski definition) is 2. The molecule has 180 valence electrons. The molecule has 0 aromatic heterocycles. The van der Waals surface area contributed by atoms with Gasteiger partial charge in [-0.2, -0.15) is 0 Å². The van der Waals surface area contributed by atoms with Crippen molar-refractivity contribution in [3.63, 3.8) is 0 Å². The standard InChI is InChI=1S/C24H30FN3O4.HI/c1-15(18-8-10-21(20(25)12-18)32-14-16-5-6-16)28-24(26-2)27-13-17-7-9-19(23(29)31-4)22(11-17)30-3;/h7-12,15-16H,5-6,13-14H2,1-4H3,(H2,26,27,28);1H. The molecule has 0 spiro atoms. The lowest BCUT2D eigenvalue weighted by atomic mass is 10.1. The molecule has 0 saturated heterocycles. The third-order valence-electron chi connectivity index (χ3n) is 5.34. The van der Waals surface area contributed by atoms with Crippen molar-refractivity contribution in [2.45, 2.75) is 32.4 Å². The van der Waals surface area contributed by atoms with Gasteiger partial charge in [0.05, 0.1) is 26.9 Å². The van der Waals surface area contributed by atoms with Crippen LogP contribution in [0.4, 0.5) is 4.39 Å². The molecule has 2 N–H and O–H groups in total. The lowest BCUT2D eigenvalue weighted by Gasteiger charge is -2.19. The van der Waals surface area contributed by atoms with Crippen molar-refractivity contribution in [1.82, 2.24) is 10.6 Å². The molecule has 0 aliphatic heterocycles. The minimum atomic E-state index is -0.455. The van der Waals surface area contributed by atoms with Crippen LogP contribution in [0.15, 0.2) is 41.4 Å². The number of benzene rings is 2. The van der Waals surface area contributed by atoms with Crippen LogP contribution in [0.1, 0.15) is 47.3 Å². The Hall–Kier alpha value is -2.56. The van der Waals surface area contributed by atoms with Gasteiger partial charge in [-0.05, 0) is 61.1 Å². The summed E-state index contributed by atoms with van der Waals surface area (Å²) in [5.74, 6) is 1.04. The van der Waals surface area contributed by atoms with Crippen molar-refractivity contribution >= 4 is 35.9 Å². The summed E-state index contributed by atoms with van der Waals surface area (Å²) in [6.45, 7) is 2.96. The lowest BCUT2D eigenvalue weighted by Crippen LogP contribution is -2.38. The topological polar surface area (TPSA) is 81.2 Å². The molecule has 33 heavy (non-hydrogen) atoms. The molecule has 9 heteroatoms. The quantitative estimate of drug-likeness (QED) is 0.200. The third kappa shape index (κ3) is 7.48. The summed E-state index contributed by atoms with van der Waals surface area (Å²) >= 11 is 0. The largest absolute Gasteiger partial charge is 0.496 e. The first-order valence-corrected chi connectivity index (χ1v) is 10.6. The number of methoxy groups -OCH3 is 2. The van der Waals surface area contributed by atoms with E-state index >= 15 is 0 Å². The van der Waals surface area contributed by atoms with Gasteiger partial charge in [0, 0.05) is 13.6 Å². The first-order valence-electron chi connectivity index (χ1n) is 10.6. The Kier molecular flexibility index (Phi) is 10.2. The molecule has 7 nitrogen and oxygen atoms in total. The number of ether oxygens (including phenoxy) is 3. The van der Waals surface area contributed by atoms with Crippen LogP contribution < -0.4 is 20.1 Å². The van der Waals surface area contributed by atoms with E-state index in [0.29, 0.717) is 42.1 Å². The normalized spacial score (nSPS) is 14.0. The Balaban J connectivity index is 0.00000385. The molecule has 0 radical (unpaired) electrons. The van der Waals surface area contributed by atoms with E-state index in [1.54, 1.807) is 25.2 Å². The van der Waals surface area contributed by atoms with E-state index in [4.69, 9.17) is 14.2 Å². The molecule has 3 rings (SSSR count). The number of carbonyl (C=O) groups excluding carboxylic acids is 1. The van der Waals surface area contributed by atoms with Gasteiger partial charge < -0.3 is 24.8 Å². The molecule has 2 aromatic rings. The number of halogens is 2. The van der Waals surface area contributed by atoms with E-state index < -0.39 is 5.97 Å². The Labute approximate surface area is 211 Å². The number of aliphatic imine (C=N–C) groups is 1. The number of rotatable bonds is 9. The van der Waals surface area contributed by atoms with Crippen molar-refractivity contribution in [2.75, 3.05) is 27.9 Å². The van der Waals surface area contributed by atoms with Gasteiger partial charge in [0.1, 0.15) is 11.3 Å². The highest BCUT2D eigenvalue weighted by Gasteiger charge is 2.22. The molecular formula is C24H31FIN3O4. The van der Waals surface area contributed by atoms with Crippen LogP contribution in [0.5, 0.6) is 11.5 Å². The minimum Gasteiger partial charge on any atom is -0.496 e. The Morgan fingerprint density at radius 3 is 2.55 bits per heavy atom. The molecule has 0 bridgehead atoms. The lowest BCUT2D eigenvalue weighted by molar-refractivity contribution is 0.0597. The summed E-state index contributed by atoms with van der Waals surface area (Å²) in [4.78, 5) is 16.0. The summed E-state index contributed by atoms with van der Waals surface area (Å²) < 4.78 is 30.0. The number of nitrogens with zero attached hydrogens (tertiary/aromatic N) is 1. The Bertz CT molecular complexity index is 982. The summed E-state index contributed by atoms with van der Waals surface area (Å²) in [7, 11) is 4.50. The van der Waals surface area contributed by atoms with Gasteiger partial charge in [-0.25, -0.2) is 9.18 Å². The molecular weight excluding hydrogens is 540 g/mol. The summed E-state index contributed by atoms with van der Waals surface area (Å²) in [5, 5.41) is 6.47. The second kappa shape index (κ2) is 12.6. The number of hydrogen-bond acceptors (Lipinski definition) is 5. The van der Waals surface area contributed by atoms with Crippen LogP contribution in [0.25, 0.3) is 0 Å². The van der Waals surface area contributed by atoms with Crippen molar-refractivity contribution in [3.05, 3.63) is 58.9 Å². The van der Waals surface area contributed by atoms with E-state index in [0.717, 1.165) is 24.0 Å². The van der Waals surface area contributed by atoms with Gasteiger partial charge in [0.15, 0.2) is 17.5 Å². The van der Waals surface area contributed by atoms with Crippen LogP contribution in [-0.4, -0.2) is 39.8 Å². The fraction of sp³-hybridized carbons (Fsp3) is 0.417. The first-order chi connectivity index (χ1) is 15.4. The van der Waals surface area contributed by atoms with Gasteiger partial charge in [-0.15, -0.1) is 24.0 Å². The Morgan fingerprint density at radius 1 is 1.18 bits per heavy atom. The van der Waals surface area contributed by atoms with Crippen molar-refractivity contribution in [1.29, 1.82) is 0 Å². The van der Waals surface area contributed by atoms with E-state index in [9.17, 15) is 9.18 Å². The van der Waals surface area contributed by atoms with Gasteiger partial charge in [-0.3, -0.25) is 4.99 Å². The predicted octanol–water partition coefficient (Wildman–Crippen LogP) is 4.45. The number of guanidine groups is 1. The molecule has 1 unspecified atom stereocenters. The molecule has 0 amide bonds. The third-order valence-corrected chi connectivity index (χ3v) is 5.34. The van der Waals surface area contributed by atoms with Gasteiger partial charge in [-0.1, -0.05) is 12.1 Å². The molecule has 1 aliphatic rings. The second-order valence-corrected chi connectivity index (χ2v) is 7.76. The van der Waals surface area contributed by atoms with Crippen LogP contribution in [0.2, 0.25) is 0 Å². The number of esters is 1. The summed E-state index contributed by atoms with van der Waals surface area (Å²) in [5.41, 5.74) is 2.04. The van der Waals surface area contributed by atoms with Gasteiger partial charge in [0.2, 0.25) is 0 Å². The van der Waals surface area contributed by atoms with Crippen molar-refractivity contribution in [3.8, 4) is 11.5 Å². The maximum Gasteiger partial charge on any atom is 0.341 e. The SMILES string of the molecule is CN=C(NCc1ccc(C(=O)OC)c(OC)c1)NC(C)c1ccc(OCC2CC2)c(F)c1.I. The highest BCUT2D eigenvalue weighted by molar-refractivity contribution is 14.0. The summed E-state index contributed by atoms with van der Waals surface area (Å²) in [6, 6.07) is 10.1. The molecule has 1 fully saturated rings. The minimum absolute atomic E-state index is 0. The van der Waals surface area contributed by atoms with Crippen LogP contribution in [0, 0.1) is 11.7 Å². The maximum atomic E-state index is 14.4. The number of carbonyl (C=O) groups is 1. The zero-order valence-corrected chi connectivity index (χ0v) is 21.6. The fourth-order valence-corrected chi connectivity index (χ4v) is 3.19. The Morgan fingerprint density at radius 2 is 1.94 bits per heavy atom. The zero-order valence-electron chi connectivity index (χ0n) is 19.3. The van der Waals surface area contributed by atoms with Gasteiger partial charge >= 0.3 is 5.97 Å². The summed E-state index contributed by atoms with van der Waals surface area (Å²) in [6.07, 6.45) is 2.32. The van der Waals surface area contributed by atoms with Crippen molar-refractivity contribution < 1.29 is 23.4 Å². The molecule has 1 atom stereocenters. The number of nitrogens with one attached hydrogen (secondary N) is 2. The maximum absolute atomic E-state index is 14.4. The van der Waals surface area contributed by atoms with E-state index in [2.05, 4.69) is 15.6 Å². The van der Waals surface area contributed by atoms with Crippen LogP contribution in [-0.2, 0) is 11.3 Å². The smallest absolute Gasteiger partial charge is 0.341 e. The average Bonchev–Trinajstić information content (AvgIpc) is 3.64. The van der Waals surface area contributed by atoms with Crippen molar-refractivity contribution in [2.24, 2.45) is 10.9 Å². The molecule has 0 heterocycles. The molecule has 2 aromatic carbocycles. The fourth-order valence-electron chi connectivity index (χ4n) is 3.19. The second-order valence-electron chi connectivity index (χ2n) is 7.76.